The highest BCUT2D eigenvalue weighted by atomic mass is 16.1. The number of carbonyl (C=O) groups is 1. The van der Waals surface area contributed by atoms with Crippen LogP contribution in [-0.2, 0) is 7.05 Å². The number of pyridine rings is 1. The van der Waals surface area contributed by atoms with Gasteiger partial charge in [0.2, 0.25) is 0 Å². The predicted molar refractivity (Wildman–Crippen MR) is 92.7 cm³/mol. The number of aromatic nitrogens is 3. The molecule has 0 saturated carbocycles. The van der Waals surface area contributed by atoms with Gasteiger partial charge in [-0.05, 0) is 40.3 Å². The first-order valence-electron chi connectivity index (χ1n) is 8.14. The Balaban J connectivity index is 2.15. The molecule has 0 aliphatic heterocycles. The van der Waals surface area contributed by atoms with Crippen molar-refractivity contribution in [3.05, 3.63) is 23.0 Å². The van der Waals surface area contributed by atoms with Crippen molar-refractivity contribution in [3.63, 3.8) is 0 Å². The summed E-state index contributed by atoms with van der Waals surface area (Å²) in [5.41, 5.74) is 3.06. The van der Waals surface area contributed by atoms with Gasteiger partial charge in [-0.15, -0.1) is 0 Å². The van der Waals surface area contributed by atoms with E-state index in [1.807, 2.05) is 27.0 Å². The molecule has 0 radical (unpaired) electrons. The second-order valence-electron chi connectivity index (χ2n) is 6.21. The zero-order valence-electron chi connectivity index (χ0n) is 15.0. The summed E-state index contributed by atoms with van der Waals surface area (Å²) < 4.78 is 1.73. The second kappa shape index (κ2) is 7.08. The molecular weight excluding hydrogens is 290 g/mol. The number of amides is 1. The van der Waals surface area contributed by atoms with Gasteiger partial charge in [-0.3, -0.25) is 9.48 Å². The van der Waals surface area contributed by atoms with E-state index < -0.39 is 0 Å². The molecule has 2 heterocycles. The Morgan fingerprint density at radius 3 is 2.78 bits per heavy atom. The van der Waals surface area contributed by atoms with E-state index in [0.717, 1.165) is 35.4 Å². The number of rotatable bonds is 6. The Hall–Kier alpha value is -1.95. The minimum Gasteiger partial charge on any atom is -0.351 e. The first kappa shape index (κ1) is 17.4. The first-order valence-corrected chi connectivity index (χ1v) is 8.14. The van der Waals surface area contributed by atoms with Crippen LogP contribution in [0.1, 0.15) is 42.0 Å². The summed E-state index contributed by atoms with van der Waals surface area (Å²) in [7, 11) is 3.94. The van der Waals surface area contributed by atoms with Gasteiger partial charge in [0.15, 0.2) is 5.65 Å². The maximum absolute atomic E-state index is 12.6. The molecular formula is C17H27N5O. The number of likely N-dealkylation sites (N-methyl/N-ethyl adjacent to an activating group) is 1. The third-order valence-corrected chi connectivity index (χ3v) is 4.43. The molecule has 1 atom stereocenters. The van der Waals surface area contributed by atoms with Gasteiger partial charge in [0.1, 0.15) is 0 Å². The van der Waals surface area contributed by atoms with Crippen molar-refractivity contribution in [2.75, 3.05) is 20.1 Å². The molecule has 0 unspecified atom stereocenters. The SMILES string of the molecule is CC[C@H](C)N(C)CCNC(=O)c1cc(C)nc2c1c(C)nn2C. The van der Waals surface area contributed by atoms with E-state index in [1.54, 1.807) is 4.68 Å². The average molecular weight is 317 g/mol. The van der Waals surface area contributed by atoms with Crippen molar-refractivity contribution in [3.8, 4) is 0 Å². The monoisotopic (exact) mass is 317 g/mol. The summed E-state index contributed by atoms with van der Waals surface area (Å²) in [6, 6.07) is 2.35. The van der Waals surface area contributed by atoms with E-state index in [-0.39, 0.29) is 5.91 Å². The van der Waals surface area contributed by atoms with E-state index >= 15 is 0 Å². The number of nitrogens with zero attached hydrogens (tertiary/aromatic N) is 4. The molecule has 0 aromatic carbocycles. The highest BCUT2D eigenvalue weighted by Crippen LogP contribution is 2.21. The fraction of sp³-hybridized carbons (Fsp3) is 0.588. The largest absolute Gasteiger partial charge is 0.351 e. The fourth-order valence-corrected chi connectivity index (χ4v) is 2.72. The number of hydrogen-bond donors (Lipinski definition) is 1. The Bertz CT molecular complexity index is 707. The van der Waals surface area contributed by atoms with E-state index in [1.165, 1.54) is 0 Å². The van der Waals surface area contributed by atoms with Gasteiger partial charge in [0.25, 0.3) is 5.91 Å². The molecule has 1 N–H and O–H groups in total. The molecule has 0 spiro atoms. The lowest BCUT2D eigenvalue weighted by Gasteiger charge is -2.23. The summed E-state index contributed by atoms with van der Waals surface area (Å²) in [5.74, 6) is -0.0610. The number of carbonyl (C=O) groups excluding carboxylic acids is 1. The molecule has 6 heteroatoms. The smallest absolute Gasteiger partial charge is 0.252 e. The van der Waals surface area contributed by atoms with Gasteiger partial charge in [-0.2, -0.15) is 5.10 Å². The van der Waals surface area contributed by atoms with Crippen LogP contribution in [0.15, 0.2) is 6.07 Å². The van der Waals surface area contributed by atoms with Gasteiger partial charge >= 0.3 is 0 Å². The Morgan fingerprint density at radius 1 is 1.43 bits per heavy atom. The fourth-order valence-electron chi connectivity index (χ4n) is 2.72. The van der Waals surface area contributed by atoms with Crippen LogP contribution in [0.5, 0.6) is 0 Å². The van der Waals surface area contributed by atoms with E-state index in [9.17, 15) is 4.79 Å². The Morgan fingerprint density at radius 2 is 2.13 bits per heavy atom. The van der Waals surface area contributed by atoms with Crippen LogP contribution < -0.4 is 5.32 Å². The van der Waals surface area contributed by atoms with Crippen LogP contribution in [0.2, 0.25) is 0 Å². The van der Waals surface area contributed by atoms with Crippen molar-refractivity contribution >= 4 is 16.9 Å². The van der Waals surface area contributed by atoms with E-state index in [0.29, 0.717) is 18.2 Å². The lowest BCUT2D eigenvalue weighted by atomic mass is 10.1. The molecule has 0 fully saturated rings. The molecule has 23 heavy (non-hydrogen) atoms. The number of fused-ring (bicyclic) bond motifs is 1. The quantitative estimate of drug-likeness (QED) is 0.885. The van der Waals surface area contributed by atoms with Gasteiger partial charge in [-0.25, -0.2) is 4.98 Å². The summed E-state index contributed by atoms with van der Waals surface area (Å²) in [6.45, 7) is 9.63. The zero-order chi connectivity index (χ0) is 17.1. The second-order valence-corrected chi connectivity index (χ2v) is 6.21. The molecule has 2 aromatic rings. The lowest BCUT2D eigenvalue weighted by Crippen LogP contribution is -2.37. The van der Waals surface area contributed by atoms with Crippen LogP contribution in [0.25, 0.3) is 11.0 Å². The van der Waals surface area contributed by atoms with Crippen molar-refractivity contribution in [2.24, 2.45) is 7.05 Å². The van der Waals surface area contributed by atoms with Crippen LogP contribution in [0.3, 0.4) is 0 Å². The maximum atomic E-state index is 12.6. The highest BCUT2D eigenvalue weighted by molar-refractivity contribution is 6.06. The Kier molecular flexibility index (Phi) is 5.36. The topological polar surface area (TPSA) is 63.1 Å². The van der Waals surface area contributed by atoms with Crippen LogP contribution in [-0.4, -0.2) is 51.8 Å². The third-order valence-electron chi connectivity index (χ3n) is 4.43. The van der Waals surface area contributed by atoms with Gasteiger partial charge in [0.05, 0.1) is 16.6 Å². The normalized spacial score (nSPS) is 12.8. The standard InChI is InChI=1S/C17H27N5O/c1-7-12(3)21(5)9-8-18-17(23)14-10-11(2)19-16-15(14)13(4)20-22(16)6/h10,12H,7-9H2,1-6H3,(H,18,23)/t12-/m0/s1. The van der Waals surface area contributed by atoms with Crippen LogP contribution in [0.4, 0.5) is 0 Å². The molecule has 1 amide bonds. The summed E-state index contributed by atoms with van der Waals surface area (Å²) in [4.78, 5) is 19.3. The lowest BCUT2D eigenvalue weighted by molar-refractivity contribution is 0.0949. The van der Waals surface area contributed by atoms with Gasteiger partial charge in [0, 0.05) is 31.9 Å². The summed E-state index contributed by atoms with van der Waals surface area (Å²) >= 11 is 0. The molecule has 0 saturated heterocycles. The number of nitrogens with one attached hydrogen (secondary N) is 1. The van der Waals surface area contributed by atoms with Crippen molar-refractivity contribution in [2.45, 2.75) is 40.2 Å². The minimum atomic E-state index is -0.0610. The predicted octanol–water partition coefficient (Wildman–Crippen LogP) is 2.05. The zero-order valence-corrected chi connectivity index (χ0v) is 15.0. The number of hydrogen-bond acceptors (Lipinski definition) is 4. The van der Waals surface area contributed by atoms with Crippen LogP contribution in [0, 0.1) is 13.8 Å². The van der Waals surface area contributed by atoms with E-state index in [4.69, 9.17) is 0 Å². The molecule has 0 bridgehead atoms. The molecule has 0 aliphatic carbocycles. The van der Waals surface area contributed by atoms with Crippen molar-refractivity contribution in [1.82, 2.24) is 25.0 Å². The van der Waals surface area contributed by atoms with Gasteiger partial charge < -0.3 is 10.2 Å². The van der Waals surface area contributed by atoms with Gasteiger partial charge in [-0.1, -0.05) is 6.92 Å². The van der Waals surface area contributed by atoms with Crippen molar-refractivity contribution in [1.29, 1.82) is 0 Å². The maximum Gasteiger partial charge on any atom is 0.252 e. The summed E-state index contributed by atoms with van der Waals surface area (Å²) in [6.07, 6.45) is 1.10. The average Bonchev–Trinajstić information content (AvgIpc) is 2.79. The molecule has 126 valence electrons. The molecule has 2 aromatic heterocycles. The molecule has 0 aliphatic rings. The van der Waals surface area contributed by atoms with Crippen molar-refractivity contribution < 1.29 is 4.79 Å². The molecule has 6 nitrogen and oxygen atoms in total. The minimum absolute atomic E-state index is 0.0610. The summed E-state index contributed by atoms with van der Waals surface area (Å²) in [5, 5.41) is 8.24. The van der Waals surface area contributed by atoms with E-state index in [2.05, 4.69) is 41.2 Å². The molecule has 2 rings (SSSR count). The Labute approximate surface area is 137 Å². The highest BCUT2D eigenvalue weighted by Gasteiger charge is 2.17. The third kappa shape index (κ3) is 3.69. The number of aryl methyl sites for hydroxylation is 3. The van der Waals surface area contributed by atoms with Crippen LogP contribution >= 0.6 is 0 Å². The first-order chi connectivity index (χ1) is 10.8.